The van der Waals surface area contributed by atoms with E-state index < -0.39 is 5.41 Å². The molecule has 0 spiro atoms. The van der Waals surface area contributed by atoms with Gasteiger partial charge in [0.2, 0.25) is 0 Å². The summed E-state index contributed by atoms with van der Waals surface area (Å²) in [7, 11) is 0. The molecule has 0 amide bonds. The Labute approximate surface area is 110 Å². The topological polar surface area (TPSA) is 17.1 Å². The third-order valence-electron chi connectivity index (χ3n) is 2.86. The molecule has 1 unspecified atom stereocenters. The van der Waals surface area contributed by atoms with E-state index >= 15 is 0 Å². The lowest BCUT2D eigenvalue weighted by Crippen LogP contribution is -2.25. The number of aldehydes is 1. The van der Waals surface area contributed by atoms with Gasteiger partial charge in [-0.15, -0.1) is 11.3 Å². The van der Waals surface area contributed by atoms with Crippen LogP contribution in [0.15, 0.2) is 41.8 Å². The van der Waals surface area contributed by atoms with Gasteiger partial charge in [0.25, 0.3) is 0 Å². The van der Waals surface area contributed by atoms with Gasteiger partial charge >= 0.3 is 0 Å². The first-order valence-electron chi connectivity index (χ1n) is 5.39. The van der Waals surface area contributed by atoms with E-state index in [0.29, 0.717) is 6.42 Å². The van der Waals surface area contributed by atoms with E-state index in [1.807, 2.05) is 48.7 Å². The summed E-state index contributed by atoms with van der Waals surface area (Å²) >= 11 is 7.74. The molecule has 0 aliphatic rings. The minimum atomic E-state index is -0.487. The van der Waals surface area contributed by atoms with Gasteiger partial charge in [0.15, 0.2) is 0 Å². The summed E-state index contributed by atoms with van der Waals surface area (Å²) in [4.78, 5) is 12.5. The van der Waals surface area contributed by atoms with Crippen molar-refractivity contribution in [3.05, 3.63) is 57.2 Å². The zero-order valence-corrected chi connectivity index (χ0v) is 11.1. The predicted molar refractivity (Wildman–Crippen MR) is 72.9 cm³/mol. The second-order valence-corrected chi connectivity index (χ2v) is 5.64. The molecule has 1 nitrogen and oxygen atoms in total. The van der Waals surface area contributed by atoms with Crippen molar-refractivity contribution in [2.45, 2.75) is 18.8 Å². The number of halogens is 1. The molecule has 2 rings (SSSR count). The molecule has 1 atom stereocenters. The van der Waals surface area contributed by atoms with Crippen molar-refractivity contribution in [2.75, 3.05) is 0 Å². The molecular weight excluding hydrogens is 252 g/mol. The largest absolute Gasteiger partial charge is 0.302 e. The van der Waals surface area contributed by atoms with Crippen molar-refractivity contribution in [1.82, 2.24) is 0 Å². The highest BCUT2D eigenvalue weighted by Gasteiger charge is 2.28. The molecule has 0 saturated heterocycles. The molecule has 0 radical (unpaired) electrons. The number of benzene rings is 1. The SMILES string of the molecule is CC(C=O)(Cc1ccccc1Cl)c1cccs1. The highest BCUT2D eigenvalue weighted by molar-refractivity contribution is 7.10. The normalized spacial score (nSPS) is 14.2. The monoisotopic (exact) mass is 264 g/mol. The molecular formula is C14H13ClOS. The maximum Gasteiger partial charge on any atom is 0.131 e. The molecule has 0 aliphatic heterocycles. The number of hydrogen-bond acceptors (Lipinski definition) is 2. The van der Waals surface area contributed by atoms with Gasteiger partial charge in [-0.1, -0.05) is 35.9 Å². The highest BCUT2D eigenvalue weighted by atomic mass is 35.5. The lowest BCUT2D eigenvalue weighted by molar-refractivity contribution is -0.112. The molecule has 1 aromatic heterocycles. The van der Waals surface area contributed by atoms with Crippen molar-refractivity contribution in [3.63, 3.8) is 0 Å². The maximum absolute atomic E-state index is 11.4. The summed E-state index contributed by atoms with van der Waals surface area (Å²) in [5.74, 6) is 0. The van der Waals surface area contributed by atoms with Crippen LogP contribution in [0.5, 0.6) is 0 Å². The van der Waals surface area contributed by atoms with Gasteiger partial charge in [-0.25, -0.2) is 0 Å². The average Bonchev–Trinajstić information content (AvgIpc) is 2.86. The quantitative estimate of drug-likeness (QED) is 0.760. The molecule has 2 aromatic rings. The van der Waals surface area contributed by atoms with Gasteiger partial charge in [0.05, 0.1) is 5.41 Å². The van der Waals surface area contributed by atoms with Crippen molar-refractivity contribution < 1.29 is 4.79 Å². The summed E-state index contributed by atoms with van der Waals surface area (Å²) in [5, 5.41) is 2.71. The van der Waals surface area contributed by atoms with Crippen LogP contribution in [0, 0.1) is 0 Å². The minimum Gasteiger partial charge on any atom is -0.302 e. The van der Waals surface area contributed by atoms with Gasteiger partial charge in [-0.05, 0) is 36.4 Å². The molecule has 17 heavy (non-hydrogen) atoms. The average molecular weight is 265 g/mol. The van der Waals surface area contributed by atoms with E-state index in [1.165, 1.54) is 0 Å². The predicted octanol–water partition coefficient (Wildman–Crippen LogP) is 4.10. The molecule has 0 saturated carbocycles. The third-order valence-corrected chi connectivity index (χ3v) is 4.38. The Kier molecular flexibility index (Phi) is 3.65. The first-order valence-corrected chi connectivity index (χ1v) is 6.65. The fourth-order valence-corrected chi connectivity index (χ4v) is 2.88. The number of thiophene rings is 1. The van der Waals surface area contributed by atoms with Crippen LogP contribution in [-0.2, 0) is 16.6 Å². The van der Waals surface area contributed by atoms with Crippen molar-refractivity contribution in [1.29, 1.82) is 0 Å². The zero-order chi connectivity index (χ0) is 12.3. The van der Waals surface area contributed by atoms with E-state index in [-0.39, 0.29) is 0 Å². The fraction of sp³-hybridized carbons (Fsp3) is 0.214. The van der Waals surface area contributed by atoms with Crippen LogP contribution in [0.4, 0.5) is 0 Å². The molecule has 88 valence electrons. The van der Waals surface area contributed by atoms with Gasteiger partial charge in [0.1, 0.15) is 6.29 Å². The van der Waals surface area contributed by atoms with Crippen molar-refractivity contribution in [2.24, 2.45) is 0 Å². The van der Waals surface area contributed by atoms with Crippen LogP contribution in [0.3, 0.4) is 0 Å². The molecule has 1 heterocycles. The van der Waals surface area contributed by atoms with Gasteiger partial charge in [-0.3, -0.25) is 0 Å². The van der Waals surface area contributed by atoms with E-state index in [9.17, 15) is 4.79 Å². The lowest BCUT2D eigenvalue weighted by Gasteiger charge is -2.22. The van der Waals surface area contributed by atoms with Crippen molar-refractivity contribution >= 4 is 29.2 Å². The van der Waals surface area contributed by atoms with Crippen LogP contribution in [0.25, 0.3) is 0 Å². The Balaban J connectivity index is 2.33. The van der Waals surface area contributed by atoms with Crippen LogP contribution in [0.2, 0.25) is 5.02 Å². The first-order chi connectivity index (χ1) is 8.15. The Hall–Kier alpha value is -1.12. The maximum atomic E-state index is 11.4. The third kappa shape index (κ3) is 2.59. The zero-order valence-electron chi connectivity index (χ0n) is 9.52. The standard InChI is InChI=1S/C14H13ClOS/c1-14(10-16,13-7-4-8-17-13)9-11-5-2-3-6-12(11)15/h2-8,10H,9H2,1H3. The molecule has 1 aromatic carbocycles. The molecule has 0 N–H and O–H groups in total. The fourth-order valence-electron chi connectivity index (χ4n) is 1.83. The Morgan fingerprint density at radius 2 is 2.06 bits per heavy atom. The van der Waals surface area contributed by atoms with E-state index in [4.69, 9.17) is 11.6 Å². The summed E-state index contributed by atoms with van der Waals surface area (Å²) in [5.41, 5.74) is 0.524. The number of rotatable bonds is 4. The van der Waals surface area contributed by atoms with Gasteiger partial charge in [-0.2, -0.15) is 0 Å². The first kappa shape index (κ1) is 12.3. The minimum absolute atomic E-state index is 0.487. The molecule has 0 fully saturated rings. The Morgan fingerprint density at radius 3 is 2.65 bits per heavy atom. The number of hydrogen-bond donors (Lipinski definition) is 0. The number of carbonyl (C=O) groups excluding carboxylic acids is 1. The number of carbonyl (C=O) groups is 1. The smallest absolute Gasteiger partial charge is 0.131 e. The summed E-state index contributed by atoms with van der Waals surface area (Å²) in [6.07, 6.45) is 1.65. The summed E-state index contributed by atoms with van der Waals surface area (Å²) in [6, 6.07) is 11.6. The van der Waals surface area contributed by atoms with Gasteiger partial charge in [0, 0.05) is 9.90 Å². The van der Waals surface area contributed by atoms with Crippen LogP contribution >= 0.6 is 22.9 Å². The Morgan fingerprint density at radius 1 is 1.29 bits per heavy atom. The molecule has 0 bridgehead atoms. The second-order valence-electron chi connectivity index (χ2n) is 4.28. The van der Waals surface area contributed by atoms with Gasteiger partial charge < -0.3 is 4.79 Å². The van der Waals surface area contributed by atoms with E-state index in [2.05, 4.69) is 0 Å². The van der Waals surface area contributed by atoms with Crippen LogP contribution < -0.4 is 0 Å². The summed E-state index contributed by atoms with van der Waals surface area (Å²) in [6.45, 7) is 1.95. The lowest BCUT2D eigenvalue weighted by atomic mass is 9.83. The van der Waals surface area contributed by atoms with E-state index in [0.717, 1.165) is 21.7 Å². The van der Waals surface area contributed by atoms with Crippen LogP contribution in [0.1, 0.15) is 17.4 Å². The summed E-state index contributed by atoms with van der Waals surface area (Å²) < 4.78 is 0. The van der Waals surface area contributed by atoms with E-state index in [1.54, 1.807) is 11.3 Å². The van der Waals surface area contributed by atoms with Crippen molar-refractivity contribution in [3.8, 4) is 0 Å². The van der Waals surface area contributed by atoms with Crippen LogP contribution in [-0.4, -0.2) is 6.29 Å². The Bertz CT molecular complexity index is 507. The second kappa shape index (κ2) is 5.03. The molecule has 0 aliphatic carbocycles. The molecule has 3 heteroatoms. The highest BCUT2D eigenvalue weighted by Crippen LogP contribution is 2.31.